The molecule has 1 heterocycles. The highest BCUT2D eigenvalue weighted by Crippen LogP contribution is 2.36. The first-order valence-corrected chi connectivity index (χ1v) is 11.7. The summed E-state index contributed by atoms with van der Waals surface area (Å²) in [5.41, 5.74) is 2.49. The maximum Gasteiger partial charge on any atom is 0.267 e. The van der Waals surface area contributed by atoms with Gasteiger partial charge in [-0.05, 0) is 42.3 Å². The minimum absolute atomic E-state index is 0.127. The highest BCUT2D eigenvalue weighted by molar-refractivity contribution is 7.92. The molecule has 3 aromatic rings. The fourth-order valence-electron chi connectivity index (χ4n) is 3.36. The van der Waals surface area contributed by atoms with Crippen LogP contribution in [0, 0.1) is 6.92 Å². The van der Waals surface area contributed by atoms with Crippen LogP contribution in [0.2, 0.25) is 5.02 Å². The van der Waals surface area contributed by atoms with Crippen LogP contribution < -0.4 is 14.4 Å². The van der Waals surface area contributed by atoms with Gasteiger partial charge in [-0.15, -0.1) is 0 Å². The average Bonchev–Trinajstić information content (AvgIpc) is 2.76. The first kappa shape index (κ1) is 21.2. The standard InChI is InChI=1S/C23H21ClN2O4S/c1-16-11-12-18(13-19(16)24)25-23(27)22-14-26(20-9-5-6-10-21(20)30-22)31(28,29)15-17-7-3-2-4-8-17/h2-13,22H,14-15H2,1H3,(H,25,27)/t22-/m0/s1. The third-order valence-electron chi connectivity index (χ3n) is 4.99. The van der Waals surface area contributed by atoms with Gasteiger partial charge in [-0.2, -0.15) is 0 Å². The van der Waals surface area contributed by atoms with E-state index in [-0.39, 0.29) is 12.3 Å². The fraction of sp³-hybridized carbons (Fsp3) is 0.174. The Balaban J connectivity index is 1.60. The van der Waals surface area contributed by atoms with Gasteiger partial charge in [0.2, 0.25) is 10.0 Å². The second-order valence-electron chi connectivity index (χ2n) is 7.30. The Kier molecular flexibility index (Phi) is 5.89. The van der Waals surface area contributed by atoms with Crippen molar-refractivity contribution in [1.29, 1.82) is 0 Å². The van der Waals surface area contributed by atoms with E-state index in [0.29, 0.717) is 27.7 Å². The number of carbonyl (C=O) groups excluding carboxylic acids is 1. The van der Waals surface area contributed by atoms with Gasteiger partial charge in [-0.1, -0.05) is 60.1 Å². The van der Waals surface area contributed by atoms with Crippen LogP contribution in [0.5, 0.6) is 5.75 Å². The number of hydrogen-bond donors (Lipinski definition) is 1. The summed E-state index contributed by atoms with van der Waals surface area (Å²) in [5, 5.41) is 3.29. The Morgan fingerprint density at radius 2 is 1.81 bits per heavy atom. The van der Waals surface area contributed by atoms with Gasteiger partial charge in [-0.3, -0.25) is 9.10 Å². The van der Waals surface area contributed by atoms with Crippen LogP contribution >= 0.6 is 11.6 Å². The van der Waals surface area contributed by atoms with E-state index < -0.39 is 22.0 Å². The second kappa shape index (κ2) is 8.61. The molecule has 1 amide bonds. The molecule has 0 fully saturated rings. The minimum Gasteiger partial charge on any atom is -0.476 e. The molecule has 0 radical (unpaired) electrons. The van der Waals surface area contributed by atoms with Crippen LogP contribution in [0.4, 0.5) is 11.4 Å². The van der Waals surface area contributed by atoms with E-state index in [2.05, 4.69) is 5.32 Å². The molecule has 0 bridgehead atoms. The molecule has 0 saturated heterocycles. The third kappa shape index (κ3) is 4.68. The predicted molar refractivity (Wildman–Crippen MR) is 122 cm³/mol. The molecule has 6 nitrogen and oxygen atoms in total. The van der Waals surface area contributed by atoms with Crippen LogP contribution in [-0.4, -0.2) is 27.0 Å². The van der Waals surface area contributed by atoms with Crippen LogP contribution in [-0.2, 0) is 20.6 Å². The SMILES string of the molecule is Cc1ccc(NC(=O)[C@@H]2CN(S(=O)(=O)Cc3ccccc3)c3ccccc3O2)cc1Cl. The Morgan fingerprint density at radius 1 is 1.10 bits per heavy atom. The van der Waals surface area contributed by atoms with Crippen LogP contribution in [0.25, 0.3) is 0 Å². The zero-order valence-electron chi connectivity index (χ0n) is 16.8. The summed E-state index contributed by atoms with van der Waals surface area (Å²) < 4.78 is 33.6. The molecular weight excluding hydrogens is 436 g/mol. The van der Waals surface area contributed by atoms with E-state index in [4.69, 9.17) is 16.3 Å². The minimum atomic E-state index is -3.75. The number of nitrogens with one attached hydrogen (secondary N) is 1. The van der Waals surface area contributed by atoms with Crippen molar-refractivity contribution in [2.24, 2.45) is 0 Å². The number of nitrogens with zero attached hydrogens (tertiary/aromatic N) is 1. The summed E-state index contributed by atoms with van der Waals surface area (Å²) in [6.07, 6.45) is -1.01. The third-order valence-corrected chi connectivity index (χ3v) is 7.12. The van der Waals surface area contributed by atoms with E-state index in [9.17, 15) is 13.2 Å². The number of hydrogen-bond acceptors (Lipinski definition) is 4. The van der Waals surface area contributed by atoms with Gasteiger partial charge in [-0.25, -0.2) is 8.42 Å². The molecule has 1 aliphatic rings. The van der Waals surface area contributed by atoms with Gasteiger partial charge < -0.3 is 10.1 Å². The number of carbonyl (C=O) groups is 1. The summed E-state index contributed by atoms with van der Waals surface area (Å²) >= 11 is 6.14. The van der Waals surface area contributed by atoms with Crippen molar-refractivity contribution in [3.05, 3.63) is 88.9 Å². The summed E-state index contributed by atoms with van der Waals surface area (Å²) in [7, 11) is -3.75. The molecule has 0 unspecified atom stereocenters. The number of fused-ring (bicyclic) bond motifs is 1. The van der Waals surface area contributed by atoms with E-state index in [1.165, 1.54) is 4.31 Å². The zero-order chi connectivity index (χ0) is 22.0. The quantitative estimate of drug-likeness (QED) is 0.618. The Labute approximate surface area is 186 Å². The first-order chi connectivity index (χ1) is 14.8. The van der Waals surface area contributed by atoms with E-state index >= 15 is 0 Å². The number of rotatable bonds is 5. The monoisotopic (exact) mass is 456 g/mol. The number of anilines is 2. The number of sulfonamides is 1. The van der Waals surface area contributed by atoms with Crippen molar-refractivity contribution >= 4 is 38.9 Å². The molecule has 31 heavy (non-hydrogen) atoms. The van der Waals surface area contributed by atoms with Gasteiger partial charge in [0.15, 0.2) is 6.10 Å². The highest BCUT2D eigenvalue weighted by Gasteiger charge is 2.36. The van der Waals surface area contributed by atoms with Crippen LogP contribution in [0.3, 0.4) is 0 Å². The van der Waals surface area contributed by atoms with Crippen molar-refractivity contribution in [2.75, 3.05) is 16.2 Å². The Bertz CT molecular complexity index is 1220. The van der Waals surface area contributed by atoms with Gasteiger partial charge in [0, 0.05) is 10.7 Å². The van der Waals surface area contributed by atoms with Crippen molar-refractivity contribution in [2.45, 2.75) is 18.8 Å². The normalized spacial score (nSPS) is 15.7. The molecule has 0 aliphatic carbocycles. The molecule has 3 aromatic carbocycles. The number of halogens is 1. The summed E-state index contributed by atoms with van der Waals surface area (Å²) in [6.45, 7) is 1.74. The molecule has 1 atom stereocenters. The topological polar surface area (TPSA) is 75.7 Å². The molecule has 160 valence electrons. The summed E-state index contributed by atoms with van der Waals surface area (Å²) in [5.74, 6) is -0.286. The summed E-state index contributed by atoms with van der Waals surface area (Å²) in [6, 6.07) is 20.9. The van der Waals surface area contributed by atoms with Crippen molar-refractivity contribution in [1.82, 2.24) is 0 Å². The Morgan fingerprint density at radius 3 is 2.55 bits per heavy atom. The number of amides is 1. The van der Waals surface area contributed by atoms with Crippen molar-refractivity contribution in [3.63, 3.8) is 0 Å². The fourth-order valence-corrected chi connectivity index (χ4v) is 5.12. The highest BCUT2D eigenvalue weighted by atomic mass is 35.5. The largest absolute Gasteiger partial charge is 0.476 e. The van der Waals surface area contributed by atoms with Crippen LogP contribution in [0.15, 0.2) is 72.8 Å². The van der Waals surface area contributed by atoms with Gasteiger partial charge in [0.25, 0.3) is 5.91 Å². The molecule has 0 saturated carbocycles. The number of benzene rings is 3. The molecule has 1 aliphatic heterocycles. The lowest BCUT2D eigenvalue weighted by Crippen LogP contribution is -2.49. The van der Waals surface area contributed by atoms with Crippen molar-refractivity contribution in [3.8, 4) is 5.75 Å². The van der Waals surface area contributed by atoms with Crippen LogP contribution in [0.1, 0.15) is 11.1 Å². The summed E-state index contributed by atoms with van der Waals surface area (Å²) in [4.78, 5) is 12.9. The van der Waals surface area contributed by atoms with E-state index in [1.54, 1.807) is 66.7 Å². The average molecular weight is 457 g/mol. The van der Waals surface area contributed by atoms with Gasteiger partial charge in [0.1, 0.15) is 5.75 Å². The molecule has 0 spiro atoms. The second-order valence-corrected chi connectivity index (χ2v) is 9.60. The molecule has 8 heteroatoms. The zero-order valence-corrected chi connectivity index (χ0v) is 18.4. The van der Waals surface area contributed by atoms with Crippen molar-refractivity contribution < 1.29 is 17.9 Å². The molecule has 4 rings (SSSR count). The van der Waals surface area contributed by atoms with E-state index in [1.807, 2.05) is 13.0 Å². The lowest BCUT2D eigenvalue weighted by atomic mass is 10.2. The predicted octanol–water partition coefficient (Wildman–Crippen LogP) is 4.38. The molecular formula is C23H21ClN2O4S. The van der Waals surface area contributed by atoms with Gasteiger partial charge in [0.05, 0.1) is 18.0 Å². The maximum atomic E-state index is 13.2. The lowest BCUT2D eigenvalue weighted by molar-refractivity contribution is -0.122. The number of para-hydroxylation sites is 2. The number of ether oxygens (including phenoxy) is 1. The smallest absolute Gasteiger partial charge is 0.267 e. The van der Waals surface area contributed by atoms with E-state index in [0.717, 1.165) is 5.56 Å². The molecule has 0 aromatic heterocycles. The number of aryl methyl sites for hydroxylation is 1. The lowest BCUT2D eigenvalue weighted by Gasteiger charge is -2.34. The molecule has 1 N–H and O–H groups in total. The Hall–Kier alpha value is -3.03. The first-order valence-electron chi connectivity index (χ1n) is 9.70. The maximum absolute atomic E-state index is 13.2. The van der Waals surface area contributed by atoms with Gasteiger partial charge >= 0.3 is 0 Å².